The molecule has 3 rings (SSSR count). The minimum absolute atomic E-state index is 0.713. The van der Waals surface area contributed by atoms with Gasteiger partial charge in [-0.05, 0) is 30.7 Å². The topological polar surface area (TPSA) is 28.0 Å². The van der Waals surface area contributed by atoms with Crippen LogP contribution in [0.2, 0.25) is 5.02 Å². The molecular formula is C12H10ClN3. The van der Waals surface area contributed by atoms with E-state index in [9.17, 15) is 0 Å². The molecule has 0 spiro atoms. The summed E-state index contributed by atoms with van der Waals surface area (Å²) in [6.07, 6.45) is 3.72. The van der Waals surface area contributed by atoms with Crippen LogP contribution in [0.3, 0.4) is 0 Å². The Bertz CT molecular complexity index is 543. The molecule has 2 heterocycles. The first-order valence-electron chi connectivity index (χ1n) is 5.08. The van der Waals surface area contributed by atoms with Crippen molar-refractivity contribution in [3.05, 3.63) is 40.6 Å². The number of hydrogen-bond donors (Lipinski definition) is 0. The fraction of sp³-hybridized carbons (Fsp3) is 0.167. The first-order chi connectivity index (χ1) is 7.74. The monoisotopic (exact) mass is 231 g/mol. The van der Waals surface area contributed by atoms with Crippen molar-refractivity contribution in [1.29, 1.82) is 0 Å². The third-order valence-electron chi connectivity index (χ3n) is 2.63. The number of nitrogens with zero attached hydrogens (tertiary/aromatic N) is 3. The molecule has 0 bridgehead atoms. The van der Waals surface area contributed by atoms with Gasteiger partial charge in [0.05, 0.1) is 12.0 Å². The van der Waals surface area contributed by atoms with Crippen molar-refractivity contribution in [3.8, 4) is 0 Å². The van der Waals surface area contributed by atoms with Crippen LogP contribution < -0.4 is 0 Å². The summed E-state index contributed by atoms with van der Waals surface area (Å²) in [5, 5.41) is 0.713. The summed E-state index contributed by atoms with van der Waals surface area (Å²) >= 11 is 6.00. The molecule has 0 saturated carbocycles. The first kappa shape index (κ1) is 9.60. The molecule has 0 fully saturated rings. The van der Waals surface area contributed by atoms with Crippen molar-refractivity contribution in [2.24, 2.45) is 9.98 Å². The standard InChI is InChI=1S/C12H10ClN3/c1-8-5-14-12-10-4-9(13)2-3-11(10)15-7-16(12)6-8/h2-5,7H,6H2,1H3. The van der Waals surface area contributed by atoms with Crippen LogP contribution in [0.5, 0.6) is 0 Å². The van der Waals surface area contributed by atoms with E-state index in [1.165, 1.54) is 5.57 Å². The molecule has 0 N–H and O–H groups in total. The summed E-state index contributed by atoms with van der Waals surface area (Å²) in [7, 11) is 0. The normalized spacial score (nSPS) is 17.5. The van der Waals surface area contributed by atoms with Crippen LogP contribution in [0.4, 0.5) is 5.69 Å². The number of aliphatic imine (C=N–C) groups is 2. The van der Waals surface area contributed by atoms with Crippen molar-refractivity contribution in [2.45, 2.75) is 6.92 Å². The Hall–Kier alpha value is -1.61. The van der Waals surface area contributed by atoms with E-state index >= 15 is 0 Å². The quantitative estimate of drug-likeness (QED) is 0.675. The molecule has 1 aromatic carbocycles. The van der Waals surface area contributed by atoms with Gasteiger partial charge in [0.15, 0.2) is 0 Å². The van der Waals surface area contributed by atoms with E-state index in [-0.39, 0.29) is 0 Å². The second-order valence-corrected chi connectivity index (χ2v) is 4.40. The Balaban J connectivity index is 2.19. The molecule has 4 heteroatoms. The highest BCUT2D eigenvalue weighted by Crippen LogP contribution is 2.29. The second kappa shape index (κ2) is 3.46. The molecule has 16 heavy (non-hydrogen) atoms. The molecule has 1 aromatic rings. The maximum atomic E-state index is 6.00. The maximum absolute atomic E-state index is 6.00. The zero-order valence-electron chi connectivity index (χ0n) is 8.81. The van der Waals surface area contributed by atoms with Gasteiger partial charge in [0.2, 0.25) is 0 Å². The van der Waals surface area contributed by atoms with Crippen molar-refractivity contribution >= 4 is 29.5 Å². The van der Waals surface area contributed by atoms with E-state index in [2.05, 4.69) is 16.9 Å². The van der Waals surface area contributed by atoms with E-state index in [0.29, 0.717) is 5.02 Å². The average Bonchev–Trinajstić information content (AvgIpc) is 2.28. The third kappa shape index (κ3) is 1.44. The molecule has 80 valence electrons. The number of hydrogen-bond acceptors (Lipinski definition) is 3. The highest BCUT2D eigenvalue weighted by atomic mass is 35.5. The predicted molar refractivity (Wildman–Crippen MR) is 66.6 cm³/mol. The molecule has 0 atom stereocenters. The van der Waals surface area contributed by atoms with Crippen LogP contribution in [0, 0.1) is 0 Å². The lowest BCUT2D eigenvalue weighted by molar-refractivity contribution is 0.660. The molecule has 0 amide bonds. The lowest BCUT2D eigenvalue weighted by Gasteiger charge is -2.28. The highest BCUT2D eigenvalue weighted by molar-refractivity contribution is 6.31. The summed E-state index contributed by atoms with van der Waals surface area (Å²) < 4.78 is 0. The predicted octanol–water partition coefficient (Wildman–Crippen LogP) is 2.98. The van der Waals surface area contributed by atoms with Gasteiger partial charge in [-0.3, -0.25) is 0 Å². The van der Waals surface area contributed by atoms with E-state index in [1.807, 2.05) is 35.6 Å². The van der Waals surface area contributed by atoms with Gasteiger partial charge in [-0.15, -0.1) is 0 Å². The third-order valence-corrected chi connectivity index (χ3v) is 2.87. The Morgan fingerprint density at radius 2 is 2.25 bits per heavy atom. The summed E-state index contributed by atoms with van der Waals surface area (Å²) in [5.74, 6) is 0.929. The zero-order valence-corrected chi connectivity index (χ0v) is 9.57. The van der Waals surface area contributed by atoms with E-state index < -0.39 is 0 Å². The van der Waals surface area contributed by atoms with Gasteiger partial charge in [0.1, 0.15) is 5.84 Å². The second-order valence-electron chi connectivity index (χ2n) is 3.96. The molecule has 2 aliphatic rings. The molecule has 0 saturated heterocycles. The highest BCUT2D eigenvalue weighted by Gasteiger charge is 2.21. The molecule has 0 unspecified atom stereocenters. The van der Waals surface area contributed by atoms with Crippen molar-refractivity contribution < 1.29 is 0 Å². The number of rotatable bonds is 0. The summed E-state index contributed by atoms with van der Waals surface area (Å²) in [5.41, 5.74) is 3.15. The van der Waals surface area contributed by atoms with Crippen LogP contribution in [0.15, 0.2) is 40.0 Å². The SMILES string of the molecule is CC1=CN=C2c3cc(Cl)ccc3N=CN2C1. The summed E-state index contributed by atoms with van der Waals surface area (Å²) in [6.45, 7) is 2.90. The maximum Gasteiger partial charge on any atom is 0.143 e. The van der Waals surface area contributed by atoms with E-state index in [1.54, 1.807) is 0 Å². The average molecular weight is 232 g/mol. The zero-order chi connectivity index (χ0) is 11.1. The Morgan fingerprint density at radius 3 is 3.12 bits per heavy atom. The van der Waals surface area contributed by atoms with E-state index in [4.69, 9.17) is 11.6 Å². The van der Waals surface area contributed by atoms with Crippen LogP contribution in [-0.2, 0) is 0 Å². The number of fused-ring (bicyclic) bond motifs is 3. The Kier molecular flexibility index (Phi) is 2.07. The minimum Gasteiger partial charge on any atom is -0.312 e. The number of halogens is 1. The van der Waals surface area contributed by atoms with Crippen LogP contribution in [-0.4, -0.2) is 23.6 Å². The Labute approximate surface area is 98.8 Å². The molecule has 0 aromatic heterocycles. The van der Waals surface area contributed by atoms with Crippen molar-refractivity contribution in [2.75, 3.05) is 6.54 Å². The van der Waals surface area contributed by atoms with Crippen molar-refractivity contribution in [3.63, 3.8) is 0 Å². The molecule has 0 radical (unpaired) electrons. The fourth-order valence-electron chi connectivity index (χ4n) is 1.88. The van der Waals surface area contributed by atoms with Gasteiger partial charge in [0.25, 0.3) is 0 Å². The lowest BCUT2D eigenvalue weighted by atomic mass is 10.1. The first-order valence-corrected chi connectivity index (χ1v) is 5.46. The minimum atomic E-state index is 0.713. The molecule has 2 aliphatic heterocycles. The smallest absolute Gasteiger partial charge is 0.143 e. The van der Waals surface area contributed by atoms with Crippen LogP contribution in [0.1, 0.15) is 12.5 Å². The number of amidine groups is 1. The van der Waals surface area contributed by atoms with Gasteiger partial charge in [-0.2, -0.15) is 0 Å². The van der Waals surface area contributed by atoms with Crippen LogP contribution >= 0.6 is 11.6 Å². The molecule has 3 nitrogen and oxygen atoms in total. The summed E-state index contributed by atoms with van der Waals surface area (Å²) in [6, 6.07) is 5.67. The van der Waals surface area contributed by atoms with Gasteiger partial charge >= 0.3 is 0 Å². The number of benzene rings is 1. The van der Waals surface area contributed by atoms with Gasteiger partial charge < -0.3 is 4.90 Å². The lowest BCUT2D eigenvalue weighted by Crippen LogP contribution is -2.35. The van der Waals surface area contributed by atoms with Gasteiger partial charge in [-0.1, -0.05) is 11.6 Å². The fourth-order valence-corrected chi connectivity index (χ4v) is 2.05. The van der Waals surface area contributed by atoms with Gasteiger partial charge in [-0.25, -0.2) is 9.98 Å². The van der Waals surface area contributed by atoms with E-state index in [0.717, 1.165) is 23.6 Å². The largest absolute Gasteiger partial charge is 0.312 e. The van der Waals surface area contributed by atoms with Crippen LogP contribution in [0.25, 0.3) is 0 Å². The molecular weight excluding hydrogens is 222 g/mol. The van der Waals surface area contributed by atoms with Gasteiger partial charge in [0, 0.05) is 23.3 Å². The summed E-state index contributed by atoms with van der Waals surface area (Å²) in [4.78, 5) is 10.9. The Morgan fingerprint density at radius 1 is 1.38 bits per heavy atom. The molecule has 0 aliphatic carbocycles. The van der Waals surface area contributed by atoms with Crippen molar-refractivity contribution in [1.82, 2.24) is 4.90 Å².